The van der Waals surface area contributed by atoms with Crippen LogP contribution in [0.25, 0.3) is 0 Å². The molecule has 1 amide bonds. The van der Waals surface area contributed by atoms with Crippen molar-refractivity contribution in [3.05, 3.63) is 60.3 Å². The Hall–Kier alpha value is -3.33. The number of anilines is 1. The second-order valence-corrected chi connectivity index (χ2v) is 6.59. The first-order chi connectivity index (χ1) is 13.4. The van der Waals surface area contributed by atoms with Crippen molar-refractivity contribution in [3.63, 3.8) is 0 Å². The Bertz CT molecular complexity index is 802. The van der Waals surface area contributed by atoms with E-state index in [1.54, 1.807) is 12.5 Å². The zero-order valence-electron chi connectivity index (χ0n) is 16.2. The number of nitrogens with one attached hydrogen (secondary N) is 1. The van der Waals surface area contributed by atoms with Gasteiger partial charge in [0.25, 0.3) is 5.91 Å². The number of imidazole rings is 1. The maximum absolute atomic E-state index is 12.3. The van der Waals surface area contributed by atoms with Crippen LogP contribution in [0.15, 0.2) is 54.8 Å². The van der Waals surface area contributed by atoms with Crippen LogP contribution in [0.3, 0.4) is 0 Å². The molecule has 2 rings (SSSR count). The van der Waals surface area contributed by atoms with Crippen molar-refractivity contribution in [3.8, 4) is 0 Å². The molecule has 0 fully saturated rings. The average Bonchev–Trinajstić information content (AvgIpc) is 3.14. The van der Waals surface area contributed by atoms with Crippen LogP contribution < -0.4 is 21.8 Å². The van der Waals surface area contributed by atoms with Crippen LogP contribution >= 0.6 is 0 Å². The number of nitrogens with zero attached hydrogens (tertiary/aromatic N) is 4. The first-order valence-corrected chi connectivity index (χ1v) is 8.87. The van der Waals surface area contributed by atoms with Gasteiger partial charge in [0.2, 0.25) is 0 Å². The lowest BCUT2D eigenvalue weighted by molar-refractivity contribution is -0.121. The Balaban J connectivity index is 1.89. The van der Waals surface area contributed by atoms with E-state index in [-0.39, 0.29) is 5.70 Å². The molecular formula is C19H27N7O2. The molecule has 1 heterocycles. The molecule has 28 heavy (non-hydrogen) atoms. The Morgan fingerprint density at radius 2 is 2.04 bits per heavy atom. The summed E-state index contributed by atoms with van der Waals surface area (Å²) in [6, 6.07) is 8.89. The largest absolute Gasteiger partial charge is 0.393 e. The molecule has 5 N–H and O–H groups in total. The molecule has 1 atom stereocenters. The fourth-order valence-corrected chi connectivity index (χ4v) is 2.64. The van der Waals surface area contributed by atoms with Crippen molar-refractivity contribution in [2.75, 3.05) is 19.0 Å². The topological polar surface area (TPSA) is 123 Å². The quantitative estimate of drug-likeness (QED) is 0.231. The average molecular weight is 385 g/mol. The van der Waals surface area contributed by atoms with E-state index in [1.165, 1.54) is 11.2 Å². The minimum absolute atomic E-state index is 0.0677. The van der Waals surface area contributed by atoms with Gasteiger partial charge in [0.15, 0.2) is 0 Å². The van der Waals surface area contributed by atoms with E-state index < -0.39 is 11.9 Å². The number of aldehydes is 1. The molecule has 0 aliphatic heterocycles. The van der Waals surface area contributed by atoms with E-state index in [1.807, 2.05) is 53.9 Å². The third kappa shape index (κ3) is 6.13. The van der Waals surface area contributed by atoms with Crippen molar-refractivity contribution in [2.24, 2.45) is 11.6 Å². The summed E-state index contributed by atoms with van der Waals surface area (Å²) < 4.78 is 1.91. The smallest absolute Gasteiger partial charge is 0.269 e. The molecule has 0 aliphatic rings. The molecule has 2 aromatic rings. The Morgan fingerprint density at radius 1 is 1.32 bits per heavy atom. The Morgan fingerprint density at radius 3 is 2.68 bits per heavy atom. The highest BCUT2D eigenvalue weighted by Gasteiger charge is 2.15. The second kappa shape index (κ2) is 10.1. The molecule has 1 aromatic heterocycles. The van der Waals surface area contributed by atoms with Gasteiger partial charge in [0, 0.05) is 26.8 Å². The van der Waals surface area contributed by atoms with Crippen molar-refractivity contribution < 1.29 is 9.59 Å². The summed E-state index contributed by atoms with van der Waals surface area (Å²) in [4.78, 5) is 29.6. The summed E-state index contributed by atoms with van der Waals surface area (Å²) in [5.41, 5.74) is 6.73. The number of benzene rings is 1. The van der Waals surface area contributed by atoms with Crippen LogP contribution in [0.2, 0.25) is 0 Å². The van der Waals surface area contributed by atoms with Gasteiger partial charge in [0.1, 0.15) is 17.8 Å². The lowest BCUT2D eigenvalue weighted by atomic mass is 10.2. The number of amides is 1. The highest BCUT2D eigenvalue weighted by Crippen LogP contribution is 2.11. The van der Waals surface area contributed by atoms with E-state index in [4.69, 9.17) is 11.6 Å². The van der Waals surface area contributed by atoms with Crippen LogP contribution in [0.4, 0.5) is 5.82 Å². The van der Waals surface area contributed by atoms with Gasteiger partial charge in [-0.05, 0) is 12.0 Å². The van der Waals surface area contributed by atoms with Gasteiger partial charge in [-0.15, -0.1) is 0 Å². The molecule has 0 saturated heterocycles. The molecule has 1 aromatic carbocycles. The predicted octanol–water partition coefficient (Wildman–Crippen LogP) is 0.199. The third-order valence-corrected chi connectivity index (χ3v) is 4.09. The van der Waals surface area contributed by atoms with Crippen molar-refractivity contribution >= 4 is 18.0 Å². The first-order valence-electron chi connectivity index (χ1n) is 8.87. The molecule has 0 radical (unpaired) electrons. The third-order valence-electron chi connectivity index (χ3n) is 4.09. The zero-order valence-corrected chi connectivity index (χ0v) is 16.2. The Labute approximate surface area is 164 Å². The van der Waals surface area contributed by atoms with Crippen LogP contribution in [0.5, 0.6) is 0 Å². The lowest BCUT2D eigenvalue weighted by Gasteiger charge is -2.18. The van der Waals surface area contributed by atoms with Gasteiger partial charge in [-0.3, -0.25) is 4.79 Å². The van der Waals surface area contributed by atoms with Crippen LogP contribution in [-0.2, 0) is 22.7 Å². The summed E-state index contributed by atoms with van der Waals surface area (Å²) in [6.07, 6.45) is 5.88. The fourth-order valence-electron chi connectivity index (χ4n) is 2.64. The summed E-state index contributed by atoms with van der Waals surface area (Å²) in [7, 11) is 3.82. The molecule has 0 aliphatic carbocycles. The molecule has 9 nitrogen and oxygen atoms in total. The molecule has 0 spiro atoms. The number of carbonyl (C=O) groups is 2. The van der Waals surface area contributed by atoms with Gasteiger partial charge in [-0.25, -0.2) is 10.8 Å². The zero-order chi connectivity index (χ0) is 20.5. The van der Waals surface area contributed by atoms with Gasteiger partial charge in [0.05, 0.1) is 25.1 Å². The number of hydrogen-bond donors (Lipinski definition) is 3. The molecule has 150 valence electrons. The number of rotatable bonds is 10. The summed E-state index contributed by atoms with van der Waals surface area (Å²) in [5.74, 6) is 6.26. The van der Waals surface area contributed by atoms with E-state index in [0.29, 0.717) is 25.8 Å². The lowest BCUT2D eigenvalue weighted by Crippen LogP contribution is -2.40. The number of aryl methyl sites for hydroxylation is 1. The number of carbonyl (C=O) groups excluding carboxylic acids is 2. The SMILES string of the molecule is CN(C)c1cncn1CCC(C=O)NC(=O)/C(N)=C/N(N)Cc1ccccc1. The molecule has 9 heteroatoms. The second-order valence-electron chi connectivity index (χ2n) is 6.59. The van der Waals surface area contributed by atoms with Crippen LogP contribution in [0.1, 0.15) is 12.0 Å². The molecular weight excluding hydrogens is 358 g/mol. The highest BCUT2D eigenvalue weighted by atomic mass is 16.2. The number of hydrazine groups is 1. The van der Waals surface area contributed by atoms with E-state index >= 15 is 0 Å². The predicted molar refractivity (Wildman–Crippen MR) is 108 cm³/mol. The maximum Gasteiger partial charge on any atom is 0.269 e. The van der Waals surface area contributed by atoms with Gasteiger partial charge < -0.3 is 30.3 Å². The molecule has 0 saturated carbocycles. The Kier molecular flexibility index (Phi) is 7.58. The normalized spacial score (nSPS) is 12.3. The van der Waals surface area contributed by atoms with E-state index in [0.717, 1.165) is 11.4 Å². The summed E-state index contributed by atoms with van der Waals surface area (Å²) in [6.45, 7) is 0.928. The van der Waals surface area contributed by atoms with Crippen molar-refractivity contribution in [1.82, 2.24) is 19.9 Å². The van der Waals surface area contributed by atoms with Gasteiger partial charge in [-0.1, -0.05) is 30.3 Å². The first kappa shape index (κ1) is 21.0. The van der Waals surface area contributed by atoms with Crippen molar-refractivity contribution in [1.29, 1.82) is 0 Å². The minimum Gasteiger partial charge on any atom is -0.393 e. The number of nitrogens with two attached hydrogens (primary N) is 2. The summed E-state index contributed by atoms with van der Waals surface area (Å²) in [5, 5.41) is 3.95. The standard InChI is InChI=1S/C19H27N7O2/c1-24(2)18-10-22-14-25(18)9-8-16(13-27)23-19(28)17(20)12-26(21)11-15-6-4-3-5-7-15/h3-7,10,12-14,16H,8-9,11,20-21H2,1-2H3,(H,23,28)/b17-12-. The highest BCUT2D eigenvalue weighted by molar-refractivity contribution is 5.93. The number of hydrogen-bond acceptors (Lipinski definition) is 7. The minimum atomic E-state index is -0.669. The summed E-state index contributed by atoms with van der Waals surface area (Å²) >= 11 is 0. The fraction of sp³-hybridized carbons (Fsp3) is 0.316. The molecule has 0 bridgehead atoms. The van der Waals surface area contributed by atoms with Crippen LogP contribution in [0, 0.1) is 0 Å². The van der Waals surface area contributed by atoms with Crippen molar-refractivity contribution in [2.45, 2.75) is 25.6 Å². The van der Waals surface area contributed by atoms with E-state index in [2.05, 4.69) is 10.3 Å². The maximum atomic E-state index is 12.3. The van der Waals surface area contributed by atoms with Gasteiger partial charge >= 0.3 is 0 Å². The monoisotopic (exact) mass is 385 g/mol. The number of aromatic nitrogens is 2. The van der Waals surface area contributed by atoms with E-state index in [9.17, 15) is 9.59 Å². The van der Waals surface area contributed by atoms with Gasteiger partial charge in [-0.2, -0.15) is 0 Å². The van der Waals surface area contributed by atoms with Crippen LogP contribution in [-0.4, -0.2) is 46.9 Å². The molecule has 1 unspecified atom stereocenters.